The second-order valence-corrected chi connectivity index (χ2v) is 5.35. The van der Waals surface area contributed by atoms with Crippen LogP contribution in [0.25, 0.3) is 16.7 Å². The van der Waals surface area contributed by atoms with Gasteiger partial charge in [-0.15, -0.1) is 0 Å². The van der Waals surface area contributed by atoms with Gasteiger partial charge in [-0.25, -0.2) is 9.67 Å². The van der Waals surface area contributed by atoms with Crippen molar-refractivity contribution < 1.29 is 0 Å². The molecule has 0 spiro atoms. The van der Waals surface area contributed by atoms with Gasteiger partial charge in [-0.2, -0.15) is 10.1 Å². The predicted octanol–water partition coefficient (Wildman–Crippen LogP) is 1.45. The molecule has 3 heterocycles. The summed E-state index contributed by atoms with van der Waals surface area (Å²) in [5, 5.41) is 7.83. The van der Waals surface area contributed by atoms with Gasteiger partial charge in [0.1, 0.15) is 11.2 Å². The topological polar surface area (TPSA) is 93.4 Å². The van der Waals surface area contributed by atoms with Crippen LogP contribution in [0.3, 0.4) is 0 Å². The highest BCUT2D eigenvalue weighted by molar-refractivity contribution is 5.76. The first-order valence-electron chi connectivity index (χ1n) is 7.46. The molecule has 1 aromatic carbocycles. The van der Waals surface area contributed by atoms with E-state index in [9.17, 15) is 4.79 Å². The quantitative estimate of drug-likeness (QED) is 0.593. The number of nitrogens with one attached hydrogen (secondary N) is 2. The number of H-pyrrole nitrogens is 1. The molecule has 4 rings (SSSR count). The minimum Gasteiger partial charge on any atom is -0.348 e. The summed E-state index contributed by atoms with van der Waals surface area (Å²) in [7, 11) is 1.91. The van der Waals surface area contributed by atoms with E-state index in [1.54, 1.807) is 10.9 Å². The van der Waals surface area contributed by atoms with Gasteiger partial charge in [-0.05, 0) is 12.1 Å². The highest BCUT2D eigenvalue weighted by Gasteiger charge is 2.11. The summed E-state index contributed by atoms with van der Waals surface area (Å²) in [6.45, 7) is 0.456. The first kappa shape index (κ1) is 14.2. The van der Waals surface area contributed by atoms with Gasteiger partial charge in [0.2, 0.25) is 5.95 Å². The second kappa shape index (κ2) is 5.65. The highest BCUT2D eigenvalue weighted by atomic mass is 16.1. The molecule has 0 fully saturated rings. The van der Waals surface area contributed by atoms with Crippen LogP contribution < -0.4 is 10.9 Å². The molecule has 4 aromatic rings. The summed E-state index contributed by atoms with van der Waals surface area (Å²) in [4.78, 5) is 23.7. The van der Waals surface area contributed by atoms with Crippen molar-refractivity contribution in [3.8, 4) is 5.69 Å². The van der Waals surface area contributed by atoms with E-state index in [1.807, 2.05) is 48.1 Å². The van der Waals surface area contributed by atoms with Crippen LogP contribution in [0.2, 0.25) is 0 Å². The fraction of sp³-hybridized carbons (Fsp3) is 0.125. The number of imidazole rings is 1. The molecular formula is C16H15N7O. The Hall–Kier alpha value is -3.42. The first-order valence-corrected chi connectivity index (χ1v) is 7.46. The molecule has 0 saturated carbocycles. The zero-order valence-corrected chi connectivity index (χ0v) is 13.0. The molecule has 0 aliphatic rings. The van der Waals surface area contributed by atoms with Crippen molar-refractivity contribution in [1.82, 2.24) is 29.3 Å². The maximum absolute atomic E-state index is 12.3. The molecule has 8 nitrogen and oxygen atoms in total. The summed E-state index contributed by atoms with van der Waals surface area (Å²) in [6.07, 6.45) is 5.11. The monoisotopic (exact) mass is 321 g/mol. The molecule has 8 heteroatoms. The Bertz CT molecular complexity index is 1050. The van der Waals surface area contributed by atoms with Crippen LogP contribution in [0, 0.1) is 0 Å². The van der Waals surface area contributed by atoms with E-state index >= 15 is 0 Å². The van der Waals surface area contributed by atoms with Gasteiger partial charge >= 0.3 is 0 Å². The van der Waals surface area contributed by atoms with Crippen molar-refractivity contribution in [3.05, 3.63) is 65.1 Å². The summed E-state index contributed by atoms with van der Waals surface area (Å²) < 4.78 is 3.55. The number of benzene rings is 1. The second-order valence-electron chi connectivity index (χ2n) is 5.35. The summed E-state index contributed by atoms with van der Waals surface area (Å²) in [6, 6.07) is 9.58. The molecule has 24 heavy (non-hydrogen) atoms. The Morgan fingerprint density at radius 3 is 2.83 bits per heavy atom. The number of nitrogens with zero attached hydrogens (tertiary/aromatic N) is 5. The maximum Gasteiger partial charge on any atom is 0.263 e. The fourth-order valence-corrected chi connectivity index (χ4v) is 2.49. The van der Waals surface area contributed by atoms with Gasteiger partial charge in [0.15, 0.2) is 5.65 Å². The Morgan fingerprint density at radius 2 is 2.08 bits per heavy atom. The minimum atomic E-state index is -0.232. The molecule has 0 radical (unpaired) electrons. The normalized spacial score (nSPS) is 11.0. The zero-order chi connectivity index (χ0) is 16.5. The van der Waals surface area contributed by atoms with Crippen molar-refractivity contribution in [1.29, 1.82) is 0 Å². The number of hydrogen-bond donors (Lipinski definition) is 2. The van der Waals surface area contributed by atoms with E-state index in [0.29, 0.717) is 23.5 Å². The van der Waals surface area contributed by atoms with Crippen LogP contribution in [0.1, 0.15) is 5.82 Å². The lowest BCUT2D eigenvalue weighted by molar-refractivity contribution is 0.807. The summed E-state index contributed by atoms with van der Waals surface area (Å²) in [5.74, 6) is 1.22. The number of fused-ring (bicyclic) bond motifs is 1. The molecule has 0 amide bonds. The average Bonchev–Trinajstić information content (AvgIpc) is 3.20. The molecule has 120 valence electrons. The lowest BCUT2D eigenvalue weighted by Gasteiger charge is -2.07. The van der Waals surface area contributed by atoms with Gasteiger partial charge in [0.05, 0.1) is 18.4 Å². The van der Waals surface area contributed by atoms with Crippen molar-refractivity contribution >= 4 is 17.0 Å². The van der Waals surface area contributed by atoms with Crippen LogP contribution in [0.5, 0.6) is 0 Å². The maximum atomic E-state index is 12.3. The van der Waals surface area contributed by atoms with E-state index < -0.39 is 0 Å². The Morgan fingerprint density at radius 1 is 1.25 bits per heavy atom. The predicted molar refractivity (Wildman–Crippen MR) is 90.0 cm³/mol. The molecule has 3 aromatic heterocycles. The van der Waals surface area contributed by atoms with Crippen LogP contribution in [0.15, 0.2) is 53.7 Å². The lowest BCUT2D eigenvalue weighted by atomic mass is 10.3. The average molecular weight is 321 g/mol. The van der Waals surface area contributed by atoms with Crippen LogP contribution >= 0.6 is 0 Å². The molecule has 0 aliphatic heterocycles. The van der Waals surface area contributed by atoms with Gasteiger partial charge < -0.3 is 9.88 Å². The van der Waals surface area contributed by atoms with Gasteiger partial charge in [0.25, 0.3) is 5.56 Å². The number of aromatic nitrogens is 6. The van der Waals surface area contributed by atoms with E-state index in [2.05, 4.69) is 25.4 Å². The summed E-state index contributed by atoms with van der Waals surface area (Å²) >= 11 is 0. The number of para-hydroxylation sites is 1. The van der Waals surface area contributed by atoms with Crippen molar-refractivity contribution in [2.24, 2.45) is 7.05 Å². The lowest BCUT2D eigenvalue weighted by Crippen LogP contribution is -2.15. The van der Waals surface area contributed by atoms with E-state index in [1.165, 1.54) is 6.20 Å². The molecule has 0 aliphatic carbocycles. The molecule has 0 saturated heterocycles. The van der Waals surface area contributed by atoms with E-state index in [0.717, 1.165) is 11.5 Å². The zero-order valence-electron chi connectivity index (χ0n) is 13.0. The van der Waals surface area contributed by atoms with Gasteiger partial charge in [0, 0.05) is 19.4 Å². The summed E-state index contributed by atoms with van der Waals surface area (Å²) in [5.41, 5.74) is 1.12. The molecule has 2 N–H and O–H groups in total. The van der Waals surface area contributed by atoms with Crippen LogP contribution in [-0.4, -0.2) is 29.3 Å². The Labute approximate surface area is 136 Å². The van der Waals surface area contributed by atoms with Gasteiger partial charge in [-0.3, -0.25) is 9.78 Å². The third-order valence-electron chi connectivity index (χ3n) is 3.77. The fourth-order valence-electron chi connectivity index (χ4n) is 2.49. The third kappa shape index (κ3) is 2.43. The molecular weight excluding hydrogens is 306 g/mol. The number of rotatable bonds is 4. The highest BCUT2D eigenvalue weighted by Crippen LogP contribution is 2.14. The van der Waals surface area contributed by atoms with Crippen molar-refractivity contribution in [2.45, 2.75) is 6.54 Å². The molecule has 0 atom stereocenters. The van der Waals surface area contributed by atoms with Crippen molar-refractivity contribution in [2.75, 3.05) is 5.32 Å². The number of aryl methyl sites for hydroxylation is 1. The molecule has 0 unspecified atom stereocenters. The number of anilines is 1. The van der Waals surface area contributed by atoms with Gasteiger partial charge in [-0.1, -0.05) is 18.2 Å². The SMILES string of the molecule is Cn1ccnc1CNc1nc2c(cnn2-c2ccccc2)c(=O)[nH]1. The number of aromatic amines is 1. The smallest absolute Gasteiger partial charge is 0.263 e. The molecule has 0 bridgehead atoms. The largest absolute Gasteiger partial charge is 0.348 e. The Balaban J connectivity index is 1.73. The van der Waals surface area contributed by atoms with E-state index in [-0.39, 0.29) is 5.56 Å². The van der Waals surface area contributed by atoms with Crippen LogP contribution in [-0.2, 0) is 13.6 Å². The third-order valence-corrected chi connectivity index (χ3v) is 3.77. The first-order chi connectivity index (χ1) is 11.7. The van der Waals surface area contributed by atoms with E-state index in [4.69, 9.17) is 0 Å². The minimum absolute atomic E-state index is 0.232. The Kier molecular flexibility index (Phi) is 3.34. The van der Waals surface area contributed by atoms with Crippen molar-refractivity contribution in [3.63, 3.8) is 0 Å². The van der Waals surface area contributed by atoms with Crippen LogP contribution in [0.4, 0.5) is 5.95 Å². The number of hydrogen-bond acceptors (Lipinski definition) is 5. The standard InChI is InChI=1S/C16H15N7O/c1-22-8-7-17-13(22)10-18-16-20-14-12(15(24)21-16)9-19-23(14)11-5-3-2-4-6-11/h2-9H,10H2,1H3,(H2,18,20,21,24).